The summed E-state index contributed by atoms with van der Waals surface area (Å²) in [5, 5.41) is 10.3. The van der Waals surface area contributed by atoms with Gasteiger partial charge in [0.25, 0.3) is 0 Å². The van der Waals surface area contributed by atoms with Crippen LogP contribution in [0.2, 0.25) is 0 Å². The van der Waals surface area contributed by atoms with E-state index in [1.54, 1.807) is 6.07 Å². The zero-order chi connectivity index (χ0) is 13.1. The van der Waals surface area contributed by atoms with Gasteiger partial charge in [-0.05, 0) is 24.8 Å². The summed E-state index contributed by atoms with van der Waals surface area (Å²) in [5.41, 5.74) is 6.76. The van der Waals surface area contributed by atoms with Crippen LogP contribution in [-0.2, 0) is 0 Å². The van der Waals surface area contributed by atoms with Crippen LogP contribution in [0.5, 0.6) is 5.75 Å². The second-order valence-electron chi connectivity index (χ2n) is 4.95. The average molecular weight is 253 g/mol. The van der Waals surface area contributed by atoms with Crippen LogP contribution in [0.25, 0.3) is 0 Å². The lowest BCUT2D eigenvalue weighted by molar-refractivity contribution is 0.0835. The number of hydrogen-bond acceptors (Lipinski definition) is 3. The highest BCUT2D eigenvalue weighted by Gasteiger charge is 2.30. The van der Waals surface area contributed by atoms with Crippen molar-refractivity contribution in [2.24, 2.45) is 11.7 Å². The molecule has 1 saturated carbocycles. The molecule has 0 aliphatic heterocycles. The van der Waals surface area contributed by atoms with Crippen molar-refractivity contribution < 1.29 is 14.2 Å². The van der Waals surface area contributed by atoms with Crippen molar-refractivity contribution >= 4 is 0 Å². The molecule has 18 heavy (non-hydrogen) atoms. The first-order chi connectivity index (χ1) is 8.63. The van der Waals surface area contributed by atoms with Gasteiger partial charge < -0.3 is 15.6 Å². The van der Waals surface area contributed by atoms with Gasteiger partial charge in [0.15, 0.2) is 0 Å². The maximum atomic E-state index is 13.1. The van der Waals surface area contributed by atoms with Gasteiger partial charge in [0.2, 0.25) is 0 Å². The second-order valence-corrected chi connectivity index (χ2v) is 4.95. The molecule has 2 atom stereocenters. The molecule has 1 aliphatic carbocycles. The Balaban J connectivity index is 2.19. The highest BCUT2D eigenvalue weighted by molar-refractivity contribution is 5.37. The molecule has 3 N–H and O–H groups in total. The number of aliphatic hydroxyl groups is 1. The minimum Gasteiger partial charge on any atom is -0.496 e. The van der Waals surface area contributed by atoms with Crippen molar-refractivity contribution in [1.82, 2.24) is 0 Å². The molecule has 4 heteroatoms. The third kappa shape index (κ3) is 2.65. The van der Waals surface area contributed by atoms with Gasteiger partial charge >= 0.3 is 0 Å². The van der Waals surface area contributed by atoms with E-state index in [2.05, 4.69) is 0 Å². The molecule has 1 fully saturated rings. The number of nitrogens with two attached hydrogens (primary N) is 1. The lowest BCUT2D eigenvalue weighted by Crippen LogP contribution is -2.32. The first-order valence-electron chi connectivity index (χ1n) is 6.40. The first-order valence-corrected chi connectivity index (χ1v) is 6.40. The van der Waals surface area contributed by atoms with E-state index >= 15 is 0 Å². The number of benzene rings is 1. The minimum absolute atomic E-state index is 0.245. The van der Waals surface area contributed by atoms with E-state index in [1.807, 2.05) is 0 Å². The summed E-state index contributed by atoms with van der Waals surface area (Å²) in [5.74, 6) is 0.285. The van der Waals surface area contributed by atoms with Gasteiger partial charge in [-0.2, -0.15) is 0 Å². The van der Waals surface area contributed by atoms with Gasteiger partial charge in [-0.1, -0.05) is 18.9 Å². The van der Waals surface area contributed by atoms with E-state index in [1.165, 1.54) is 19.2 Å². The first kappa shape index (κ1) is 13.3. The standard InChI is InChI=1S/C14H20FNO2/c1-18-12-8-10(15)6-7-11(12)13(16)14(17)9-4-2-3-5-9/h6-9,13-14,17H,2-5,16H2,1H3/t13-,14+/m1/s1. The summed E-state index contributed by atoms with van der Waals surface area (Å²) in [6.45, 7) is 0. The summed E-state index contributed by atoms with van der Waals surface area (Å²) in [4.78, 5) is 0. The molecule has 0 amide bonds. The van der Waals surface area contributed by atoms with Crippen LogP contribution in [0, 0.1) is 11.7 Å². The Labute approximate surface area is 107 Å². The minimum atomic E-state index is -0.591. The number of ether oxygens (including phenoxy) is 1. The summed E-state index contributed by atoms with van der Waals surface area (Å²) in [6.07, 6.45) is 3.73. The normalized spacial score (nSPS) is 19.8. The average Bonchev–Trinajstić information content (AvgIpc) is 2.90. The smallest absolute Gasteiger partial charge is 0.126 e. The van der Waals surface area contributed by atoms with Crippen LogP contribution in [0.4, 0.5) is 4.39 Å². The Kier molecular flexibility index (Phi) is 4.19. The zero-order valence-electron chi connectivity index (χ0n) is 10.6. The van der Waals surface area contributed by atoms with Gasteiger partial charge in [0, 0.05) is 11.6 Å². The molecule has 0 heterocycles. The van der Waals surface area contributed by atoms with Crippen molar-refractivity contribution in [3.05, 3.63) is 29.6 Å². The van der Waals surface area contributed by atoms with Gasteiger partial charge in [0.05, 0.1) is 19.3 Å². The zero-order valence-corrected chi connectivity index (χ0v) is 10.6. The quantitative estimate of drug-likeness (QED) is 0.866. The van der Waals surface area contributed by atoms with E-state index in [0.717, 1.165) is 25.7 Å². The molecule has 0 aromatic heterocycles. The number of methoxy groups -OCH3 is 1. The molecule has 1 aromatic rings. The van der Waals surface area contributed by atoms with E-state index in [0.29, 0.717) is 11.3 Å². The highest BCUT2D eigenvalue weighted by atomic mass is 19.1. The largest absolute Gasteiger partial charge is 0.496 e. The summed E-state index contributed by atoms with van der Waals surface area (Å²) < 4.78 is 18.2. The van der Waals surface area contributed by atoms with E-state index in [4.69, 9.17) is 10.5 Å². The second kappa shape index (κ2) is 5.67. The topological polar surface area (TPSA) is 55.5 Å². The van der Waals surface area contributed by atoms with Crippen LogP contribution in [0.3, 0.4) is 0 Å². The molecule has 0 radical (unpaired) electrons. The molecule has 100 valence electrons. The van der Waals surface area contributed by atoms with Crippen LogP contribution in [0.15, 0.2) is 18.2 Å². The Morgan fingerprint density at radius 3 is 2.67 bits per heavy atom. The molecule has 1 aliphatic rings. The van der Waals surface area contributed by atoms with E-state index in [-0.39, 0.29) is 11.7 Å². The number of halogens is 1. The fraction of sp³-hybridized carbons (Fsp3) is 0.571. The van der Waals surface area contributed by atoms with Crippen molar-refractivity contribution in [2.75, 3.05) is 7.11 Å². The molecule has 3 nitrogen and oxygen atoms in total. The molecular formula is C14H20FNO2. The van der Waals surface area contributed by atoms with Crippen molar-refractivity contribution in [3.63, 3.8) is 0 Å². The Bertz CT molecular complexity index is 405. The van der Waals surface area contributed by atoms with Crippen molar-refractivity contribution in [3.8, 4) is 5.75 Å². The molecule has 0 saturated heterocycles. The predicted octanol–water partition coefficient (Wildman–Crippen LogP) is 2.39. The van der Waals surface area contributed by atoms with Crippen LogP contribution in [0.1, 0.15) is 37.3 Å². The lowest BCUT2D eigenvalue weighted by atomic mass is 9.90. The number of hydrogen-bond donors (Lipinski definition) is 2. The fourth-order valence-electron chi connectivity index (χ4n) is 2.74. The number of aliphatic hydroxyl groups excluding tert-OH is 1. The van der Waals surface area contributed by atoms with Crippen molar-refractivity contribution in [1.29, 1.82) is 0 Å². The summed E-state index contributed by atoms with van der Waals surface area (Å²) in [6, 6.07) is 3.72. The molecule has 0 spiro atoms. The number of rotatable bonds is 4. The molecule has 0 unspecified atom stereocenters. The maximum Gasteiger partial charge on any atom is 0.126 e. The predicted molar refractivity (Wildman–Crippen MR) is 67.8 cm³/mol. The maximum absolute atomic E-state index is 13.1. The van der Waals surface area contributed by atoms with Crippen LogP contribution < -0.4 is 10.5 Å². The summed E-state index contributed by atoms with van der Waals surface area (Å²) >= 11 is 0. The third-order valence-electron chi connectivity index (χ3n) is 3.81. The van der Waals surface area contributed by atoms with Crippen molar-refractivity contribution in [2.45, 2.75) is 37.8 Å². The van der Waals surface area contributed by atoms with Crippen LogP contribution >= 0.6 is 0 Å². The summed E-state index contributed by atoms with van der Waals surface area (Å²) in [7, 11) is 1.48. The fourth-order valence-corrected chi connectivity index (χ4v) is 2.74. The highest BCUT2D eigenvalue weighted by Crippen LogP contribution is 2.35. The molecule has 2 rings (SSSR count). The van der Waals surface area contributed by atoms with Crippen LogP contribution in [-0.4, -0.2) is 18.3 Å². The molecule has 1 aromatic carbocycles. The Morgan fingerprint density at radius 2 is 2.06 bits per heavy atom. The van der Waals surface area contributed by atoms with Gasteiger partial charge in [-0.25, -0.2) is 4.39 Å². The van der Waals surface area contributed by atoms with E-state index in [9.17, 15) is 9.50 Å². The molecule has 0 bridgehead atoms. The molecular weight excluding hydrogens is 233 g/mol. The van der Waals surface area contributed by atoms with Gasteiger partial charge in [0.1, 0.15) is 11.6 Å². The van der Waals surface area contributed by atoms with Gasteiger partial charge in [-0.15, -0.1) is 0 Å². The Morgan fingerprint density at radius 1 is 1.39 bits per heavy atom. The SMILES string of the molecule is COc1cc(F)ccc1[C@@H](N)[C@@H](O)C1CCCC1. The lowest BCUT2D eigenvalue weighted by Gasteiger charge is -2.25. The Hall–Kier alpha value is -1.13. The monoisotopic (exact) mass is 253 g/mol. The van der Waals surface area contributed by atoms with E-state index < -0.39 is 12.1 Å². The third-order valence-corrected chi connectivity index (χ3v) is 3.81. The van der Waals surface area contributed by atoms with Gasteiger partial charge in [-0.3, -0.25) is 0 Å².